The number of anilines is 1. The molecule has 4 nitrogen and oxygen atoms in total. The van der Waals surface area contributed by atoms with Gasteiger partial charge in [0.2, 0.25) is 0 Å². The van der Waals surface area contributed by atoms with E-state index in [-0.39, 0.29) is 29.8 Å². The molecule has 0 saturated carbocycles. The summed E-state index contributed by atoms with van der Waals surface area (Å²) in [5.41, 5.74) is 4.64. The third-order valence-electron chi connectivity index (χ3n) is 4.11. The summed E-state index contributed by atoms with van der Waals surface area (Å²) in [5, 5.41) is 6.59. The molecule has 2 aromatic rings. The maximum absolute atomic E-state index is 13.2. The summed E-state index contributed by atoms with van der Waals surface area (Å²) in [6.45, 7) is 3.52. The van der Waals surface area contributed by atoms with Gasteiger partial charge in [0.05, 0.1) is 0 Å². The number of rotatable bonds is 6. The van der Waals surface area contributed by atoms with Crippen LogP contribution in [0, 0.1) is 12.7 Å². The van der Waals surface area contributed by atoms with Crippen LogP contribution in [0.15, 0.2) is 47.5 Å². The SMILES string of the molecule is CN=C(NCCc1cccc(F)c1)NCc1ccc(N(C)C)cc1C.I. The number of aryl methyl sites for hydroxylation is 1. The first-order valence-corrected chi connectivity index (χ1v) is 8.45. The molecule has 0 aliphatic carbocycles. The minimum atomic E-state index is -0.198. The highest BCUT2D eigenvalue weighted by Crippen LogP contribution is 2.17. The standard InChI is InChI=1S/C20H27FN4.HI/c1-15-12-19(25(3)4)9-8-17(15)14-24-20(22-2)23-11-10-16-6-5-7-18(21)13-16;/h5-9,12-13H,10-11,14H2,1-4H3,(H2,22,23,24);1H. The molecule has 0 aliphatic heterocycles. The van der Waals surface area contributed by atoms with E-state index in [1.165, 1.54) is 22.9 Å². The van der Waals surface area contributed by atoms with Gasteiger partial charge in [-0.15, -0.1) is 24.0 Å². The lowest BCUT2D eigenvalue weighted by Crippen LogP contribution is -2.38. The molecule has 0 aliphatic rings. The van der Waals surface area contributed by atoms with Gasteiger partial charge < -0.3 is 15.5 Å². The van der Waals surface area contributed by atoms with Crippen molar-refractivity contribution in [2.75, 3.05) is 32.6 Å². The fourth-order valence-corrected chi connectivity index (χ4v) is 2.57. The van der Waals surface area contributed by atoms with Crippen LogP contribution < -0.4 is 15.5 Å². The number of guanidine groups is 1. The van der Waals surface area contributed by atoms with Crippen molar-refractivity contribution in [3.8, 4) is 0 Å². The van der Waals surface area contributed by atoms with E-state index in [1.807, 2.05) is 20.2 Å². The summed E-state index contributed by atoms with van der Waals surface area (Å²) in [5.74, 6) is 0.546. The van der Waals surface area contributed by atoms with Gasteiger partial charge in [0.25, 0.3) is 0 Å². The molecule has 0 atom stereocenters. The van der Waals surface area contributed by atoms with Gasteiger partial charge in [-0.05, 0) is 54.3 Å². The predicted molar refractivity (Wildman–Crippen MR) is 119 cm³/mol. The fourth-order valence-electron chi connectivity index (χ4n) is 2.57. The van der Waals surface area contributed by atoms with E-state index in [1.54, 1.807) is 19.2 Å². The summed E-state index contributed by atoms with van der Waals surface area (Å²) >= 11 is 0. The molecule has 0 radical (unpaired) electrons. The molecule has 0 unspecified atom stereocenters. The van der Waals surface area contributed by atoms with Gasteiger partial charge >= 0.3 is 0 Å². The van der Waals surface area contributed by atoms with E-state index >= 15 is 0 Å². The Morgan fingerprint density at radius 2 is 1.88 bits per heavy atom. The maximum Gasteiger partial charge on any atom is 0.191 e. The third-order valence-corrected chi connectivity index (χ3v) is 4.11. The second kappa shape index (κ2) is 11.0. The highest BCUT2D eigenvalue weighted by Gasteiger charge is 2.04. The van der Waals surface area contributed by atoms with Crippen molar-refractivity contribution in [3.05, 3.63) is 65.0 Å². The average molecular weight is 470 g/mol. The molecule has 2 rings (SSSR count). The van der Waals surface area contributed by atoms with Gasteiger partial charge in [0.15, 0.2) is 5.96 Å². The van der Waals surface area contributed by atoms with E-state index in [2.05, 4.69) is 45.6 Å². The van der Waals surface area contributed by atoms with E-state index in [0.29, 0.717) is 13.1 Å². The van der Waals surface area contributed by atoms with Crippen molar-refractivity contribution < 1.29 is 4.39 Å². The minimum Gasteiger partial charge on any atom is -0.378 e. The van der Waals surface area contributed by atoms with Crippen molar-refractivity contribution >= 4 is 35.6 Å². The van der Waals surface area contributed by atoms with Crippen molar-refractivity contribution in [1.29, 1.82) is 0 Å². The van der Waals surface area contributed by atoms with Gasteiger partial charge in [-0.2, -0.15) is 0 Å². The molecule has 142 valence electrons. The summed E-state index contributed by atoms with van der Waals surface area (Å²) in [4.78, 5) is 6.33. The van der Waals surface area contributed by atoms with Gasteiger partial charge in [-0.25, -0.2) is 4.39 Å². The van der Waals surface area contributed by atoms with Crippen LogP contribution in [0.2, 0.25) is 0 Å². The average Bonchev–Trinajstić information content (AvgIpc) is 2.58. The van der Waals surface area contributed by atoms with Crippen molar-refractivity contribution in [1.82, 2.24) is 10.6 Å². The third kappa shape index (κ3) is 6.82. The molecule has 2 aromatic carbocycles. The molecular formula is C20H28FIN4. The molecule has 0 heterocycles. The van der Waals surface area contributed by atoms with Crippen LogP contribution in [0.25, 0.3) is 0 Å². The van der Waals surface area contributed by atoms with Crippen LogP contribution in [0.4, 0.5) is 10.1 Å². The highest BCUT2D eigenvalue weighted by atomic mass is 127. The minimum absolute atomic E-state index is 0. The smallest absolute Gasteiger partial charge is 0.191 e. The zero-order chi connectivity index (χ0) is 18.2. The molecule has 0 saturated heterocycles. The molecular weight excluding hydrogens is 442 g/mol. The first kappa shape index (κ1) is 22.2. The number of benzene rings is 2. The van der Waals surface area contributed by atoms with E-state index in [4.69, 9.17) is 0 Å². The van der Waals surface area contributed by atoms with E-state index in [0.717, 1.165) is 17.9 Å². The Kier molecular flexibility index (Phi) is 9.40. The van der Waals surface area contributed by atoms with Crippen molar-refractivity contribution in [2.45, 2.75) is 19.9 Å². The van der Waals surface area contributed by atoms with Gasteiger partial charge in [0, 0.05) is 39.9 Å². The quantitative estimate of drug-likeness (QED) is 0.384. The number of nitrogens with zero attached hydrogens (tertiary/aromatic N) is 2. The van der Waals surface area contributed by atoms with Crippen LogP contribution in [-0.4, -0.2) is 33.6 Å². The molecule has 2 N–H and O–H groups in total. The monoisotopic (exact) mass is 470 g/mol. The zero-order valence-electron chi connectivity index (χ0n) is 15.8. The lowest BCUT2D eigenvalue weighted by Gasteiger charge is -2.16. The Balaban J connectivity index is 0.00000338. The predicted octanol–water partition coefficient (Wildman–Crippen LogP) is 3.73. The van der Waals surface area contributed by atoms with Gasteiger partial charge in [0.1, 0.15) is 5.82 Å². The fraction of sp³-hybridized carbons (Fsp3) is 0.350. The van der Waals surface area contributed by atoms with Crippen molar-refractivity contribution in [2.24, 2.45) is 4.99 Å². The number of halogens is 2. The Morgan fingerprint density at radius 1 is 1.12 bits per heavy atom. The largest absolute Gasteiger partial charge is 0.378 e. The lowest BCUT2D eigenvalue weighted by molar-refractivity contribution is 0.625. The van der Waals surface area contributed by atoms with E-state index < -0.39 is 0 Å². The Morgan fingerprint density at radius 3 is 2.50 bits per heavy atom. The molecule has 6 heteroatoms. The van der Waals surface area contributed by atoms with Gasteiger partial charge in [-0.3, -0.25) is 4.99 Å². The van der Waals surface area contributed by atoms with Crippen LogP contribution in [-0.2, 0) is 13.0 Å². The van der Waals surface area contributed by atoms with Crippen LogP contribution in [0.1, 0.15) is 16.7 Å². The summed E-state index contributed by atoms with van der Waals surface area (Å²) in [6, 6.07) is 13.1. The maximum atomic E-state index is 13.2. The zero-order valence-corrected chi connectivity index (χ0v) is 18.2. The number of hydrogen-bond acceptors (Lipinski definition) is 2. The summed E-state index contributed by atoms with van der Waals surface area (Å²) in [7, 11) is 5.83. The Labute approximate surface area is 172 Å². The number of hydrogen-bond donors (Lipinski definition) is 2. The summed E-state index contributed by atoms with van der Waals surface area (Å²) in [6.07, 6.45) is 0.745. The second-order valence-electron chi connectivity index (χ2n) is 6.24. The molecule has 0 spiro atoms. The highest BCUT2D eigenvalue weighted by molar-refractivity contribution is 14.0. The van der Waals surface area contributed by atoms with Gasteiger partial charge in [-0.1, -0.05) is 18.2 Å². The second-order valence-corrected chi connectivity index (χ2v) is 6.24. The summed E-state index contributed by atoms with van der Waals surface area (Å²) < 4.78 is 13.2. The number of aliphatic imine (C=N–C) groups is 1. The van der Waals surface area contributed by atoms with Crippen molar-refractivity contribution in [3.63, 3.8) is 0 Å². The van der Waals surface area contributed by atoms with Crippen LogP contribution in [0.3, 0.4) is 0 Å². The first-order valence-electron chi connectivity index (χ1n) is 8.45. The van der Waals surface area contributed by atoms with Crippen LogP contribution in [0.5, 0.6) is 0 Å². The lowest BCUT2D eigenvalue weighted by atomic mass is 10.1. The normalized spacial score (nSPS) is 10.9. The Hall–Kier alpha value is -1.83. The molecule has 0 bridgehead atoms. The number of nitrogens with one attached hydrogen (secondary N) is 2. The Bertz CT molecular complexity index is 732. The topological polar surface area (TPSA) is 39.7 Å². The molecule has 0 amide bonds. The molecule has 26 heavy (non-hydrogen) atoms. The van der Waals surface area contributed by atoms with Crippen LogP contribution >= 0.6 is 24.0 Å². The molecule has 0 aromatic heterocycles. The van der Waals surface area contributed by atoms with E-state index in [9.17, 15) is 4.39 Å². The molecule has 0 fully saturated rings. The first-order chi connectivity index (χ1) is 12.0.